The summed E-state index contributed by atoms with van der Waals surface area (Å²) in [6.07, 6.45) is -0.718. The lowest BCUT2D eigenvalue weighted by atomic mass is 10.2. The van der Waals surface area contributed by atoms with Gasteiger partial charge in [0.2, 0.25) is 0 Å². The minimum absolute atomic E-state index is 0.422. The monoisotopic (exact) mass is 295 g/mol. The van der Waals surface area contributed by atoms with Crippen molar-refractivity contribution in [1.82, 2.24) is 5.32 Å². The van der Waals surface area contributed by atoms with E-state index in [1.165, 1.54) is 0 Å². The number of hydrogen-bond donors (Lipinski definition) is 2. The Bertz CT molecular complexity index is 187. The number of hydrogen-bond acceptors (Lipinski definition) is 3. The lowest BCUT2D eigenvalue weighted by molar-refractivity contribution is -0.136. The van der Waals surface area contributed by atoms with Gasteiger partial charge in [0.15, 0.2) is 0 Å². The summed E-state index contributed by atoms with van der Waals surface area (Å²) >= 11 is 0. The van der Waals surface area contributed by atoms with Crippen LogP contribution in [0, 0.1) is 0 Å². The molecular weight excluding hydrogens is 258 g/mol. The van der Waals surface area contributed by atoms with Gasteiger partial charge in [-0.2, -0.15) is 0 Å². The standard InChI is InChI=1S/C7H13NO4.4C2H6/c1-7(2,3)12-6(11)8-4-5(9)10;4*1-2/h4H2,1-3H3,(H,8,11)(H,9,10);4*1-2H3. The van der Waals surface area contributed by atoms with Crippen LogP contribution in [0.5, 0.6) is 0 Å². The van der Waals surface area contributed by atoms with Crippen molar-refractivity contribution in [2.45, 2.75) is 81.8 Å². The molecule has 0 aromatic carbocycles. The largest absolute Gasteiger partial charge is 0.480 e. The minimum atomic E-state index is -1.10. The first-order valence-electron chi connectivity index (χ1n) is 7.50. The fourth-order valence-corrected chi connectivity index (χ4v) is 0.462. The highest BCUT2D eigenvalue weighted by Gasteiger charge is 2.15. The van der Waals surface area contributed by atoms with E-state index in [-0.39, 0.29) is 0 Å². The molecule has 0 bridgehead atoms. The molecule has 2 N–H and O–H groups in total. The van der Waals surface area contributed by atoms with Gasteiger partial charge in [-0.05, 0) is 20.8 Å². The molecule has 1 amide bonds. The molecule has 126 valence electrons. The molecule has 5 heteroatoms. The molecule has 0 rings (SSSR count). The summed E-state index contributed by atoms with van der Waals surface area (Å²) in [6, 6.07) is 0. The van der Waals surface area contributed by atoms with Crippen LogP contribution in [-0.4, -0.2) is 29.3 Å². The molecular formula is C15H37NO4. The van der Waals surface area contributed by atoms with Crippen molar-refractivity contribution in [2.24, 2.45) is 0 Å². The van der Waals surface area contributed by atoms with E-state index in [9.17, 15) is 9.59 Å². The highest BCUT2D eigenvalue weighted by Crippen LogP contribution is 2.05. The number of carboxylic acid groups (broad SMARTS) is 1. The number of rotatable bonds is 2. The number of amides is 1. The Hall–Kier alpha value is -1.26. The molecule has 0 heterocycles. The third kappa shape index (κ3) is 54.3. The number of carbonyl (C=O) groups is 2. The molecule has 0 unspecified atom stereocenters. The first-order chi connectivity index (χ1) is 9.31. The van der Waals surface area contributed by atoms with E-state index in [1.807, 2.05) is 55.4 Å². The molecule has 0 aliphatic carbocycles. The molecule has 0 fully saturated rings. The average molecular weight is 295 g/mol. The van der Waals surface area contributed by atoms with Gasteiger partial charge < -0.3 is 15.2 Å². The fourth-order valence-electron chi connectivity index (χ4n) is 0.462. The Kier molecular flexibility index (Phi) is 41.1. The second-order valence-electron chi connectivity index (χ2n) is 3.25. The first kappa shape index (κ1) is 31.2. The van der Waals surface area contributed by atoms with E-state index in [0.29, 0.717) is 0 Å². The summed E-state index contributed by atoms with van der Waals surface area (Å²) < 4.78 is 4.77. The zero-order valence-corrected chi connectivity index (χ0v) is 15.4. The van der Waals surface area contributed by atoms with Crippen LogP contribution in [0.4, 0.5) is 4.79 Å². The van der Waals surface area contributed by atoms with Gasteiger partial charge in [-0.1, -0.05) is 55.4 Å². The van der Waals surface area contributed by atoms with Crippen LogP contribution in [-0.2, 0) is 9.53 Å². The smallest absolute Gasteiger partial charge is 0.408 e. The molecule has 0 spiro atoms. The van der Waals surface area contributed by atoms with Crippen molar-refractivity contribution >= 4 is 12.1 Å². The zero-order chi connectivity index (χ0) is 17.8. The molecule has 0 saturated heterocycles. The van der Waals surface area contributed by atoms with Crippen molar-refractivity contribution in [2.75, 3.05) is 6.54 Å². The van der Waals surface area contributed by atoms with E-state index in [1.54, 1.807) is 20.8 Å². The van der Waals surface area contributed by atoms with Crippen LogP contribution in [0.25, 0.3) is 0 Å². The van der Waals surface area contributed by atoms with Gasteiger partial charge in [-0.15, -0.1) is 0 Å². The van der Waals surface area contributed by atoms with Gasteiger partial charge in [0.1, 0.15) is 12.1 Å². The van der Waals surface area contributed by atoms with Crippen molar-refractivity contribution in [3.63, 3.8) is 0 Å². The Morgan fingerprint density at radius 2 is 1.20 bits per heavy atom. The molecule has 20 heavy (non-hydrogen) atoms. The number of carbonyl (C=O) groups excluding carboxylic acids is 1. The van der Waals surface area contributed by atoms with Crippen LogP contribution in [0.1, 0.15) is 76.2 Å². The summed E-state index contributed by atoms with van der Waals surface area (Å²) in [4.78, 5) is 20.8. The lowest BCUT2D eigenvalue weighted by Crippen LogP contribution is -2.35. The predicted molar refractivity (Wildman–Crippen MR) is 87.3 cm³/mol. The minimum Gasteiger partial charge on any atom is -0.480 e. The van der Waals surface area contributed by atoms with E-state index >= 15 is 0 Å². The molecule has 0 aliphatic heterocycles. The molecule has 0 atom stereocenters. The molecule has 0 aromatic rings. The maximum Gasteiger partial charge on any atom is 0.408 e. The lowest BCUT2D eigenvalue weighted by Gasteiger charge is -2.19. The van der Waals surface area contributed by atoms with Crippen LogP contribution in [0.3, 0.4) is 0 Å². The maximum absolute atomic E-state index is 10.8. The SMILES string of the molecule is CC.CC.CC.CC.CC(C)(C)OC(=O)NCC(=O)O. The highest BCUT2D eigenvalue weighted by atomic mass is 16.6. The normalized spacial score (nSPS) is 7.55. The molecule has 0 aromatic heterocycles. The van der Waals surface area contributed by atoms with Gasteiger partial charge in [-0.25, -0.2) is 4.79 Å². The van der Waals surface area contributed by atoms with Crippen molar-refractivity contribution < 1.29 is 19.4 Å². The van der Waals surface area contributed by atoms with Gasteiger partial charge in [0.05, 0.1) is 0 Å². The van der Waals surface area contributed by atoms with Crippen LogP contribution >= 0.6 is 0 Å². The Morgan fingerprint density at radius 1 is 0.900 bits per heavy atom. The number of nitrogens with one attached hydrogen (secondary N) is 1. The summed E-state index contributed by atoms with van der Waals surface area (Å²) in [5, 5.41) is 10.3. The van der Waals surface area contributed by atoms with E-state index in [2.05, 4.69) is 5.32 Å². The van der Waals surface area contributed by atoms with E-state index in [4.69, 9.17) is 9.84 Å². The van der Waals surface area contributed by atoms with Crippen LogP contribution < -0.4 is 5.32 Å². The van der Waals surface area contributed by atoms with Gasteiger partial charge in [0.25, 0.3) is 0 Å². The number of alkyl carbamates (subject to hydrolysis) is 1. The van der Waals surface area contributed by atoms with Crippen LogP contribution in [0.2, 0.25) is 0 Å². The van der Waals surface area contributed by atoms with Gasteiger partial charge >= 0.3 is 12.1 Å². The summed E-state index contributed by atoms with van der Waals surface area (Å²) in [5.74, 6) is -1.10. The molecule has 0 saturated carbocycles. The Balaban J connectivity index is -0.0000000799. The zero-order valence-electron chi connectivity index (χ0n) is 15.4. The fraction of sp³-hybridized carbons (Fsp3) is 0.867. The van der Waals surface area contributed by atoms with Gasteiger partial charge in [0, 0.05) is 0 Å². The third-order valence-corrected chi connectivity index (χ3v) is 0.783. The number of ether oxygens (including phenoxy) is 1. The topological polar surface area (TPSA) is 75.6 Å². The van der Waals surface area contributed by atoms with Crippen molar-refractivity contribution in [3.05, 3.63) is 0 Å². The second-order valence-corrected chi connectivity index (χ2v) is 3.25. The van der Waals surface area contributed by atoms with Crippen LogP contribution in [0.15, 0.2) is 0 Å². The predicted octanol–water partition coefficient (Wildman–Crippen LogP) is 4.70. The summed E-state index contributed by atoms with van der Waals surface area (Å²) in [6.45, 7) is 20.7. The Morgan fingerprint density at radius 3 is 1.40 bits per heavy atom. The van der Waals surface area contributed by atoms with Crippen molar-refractivity contribution in [1.29, 1.82) is 0 Å². The van der Waals surface area contributed by atoms with E-state index in [0.717, 1.165) is 0 Å². The van der Waals surface area contributed by atoms with E-state index < -0.39 is 24.2 Å². The molecule has 5 nitrogen and oxygen atoms in total. The third-order valence-electron chi connectivity index (χ3n) is 0.783. The number of aliphatic carboxylic acids is 1. The van der Waals surface area contributed by atoms with Gasteiger partial charge in [-0.3, -0.25) is 4.79 Å². The average Bonchev–Trinajstić information content (AvgIpc) is 2.44. The molecule has 0 radical (unpaired) electrons. The maximum atomic E-state index is 10.8. The number of carboxylic acids is 1. The Labute approximate surface area is 126 Å². The molecule has 0 aliphatic rings. The highest BCUT2D eigenvalue weighted by molar-refractivity contribution is 5.76. The van der Waals surface area contributed by atoms with Crippen molar-refractivity contribution in [3.8, 4) is 0 Å². The quantitative estimate of drug-likeness (QED) is 0.774. The second kappa shape index (κ2) is 26.3. The summed E-state index contributed by atoms with van der Waals surface area (Å²) in [7, 11) is 0. The first-order valence-corrected chi connectivity index (χ1v) is 7.50. The summed E-state index contributed by atoms with van der Waals surface area (Å²) in [5.41, 5.74) is -0.595.